The van der Waals surface area contributed by atoms with Crippen LogP contribution in [0.4, 0.5) is 8.78 Å². The SMILES string of the molecule is Cc1cc(C(=O)COC(=O)c2ccccc2OC(F)F)c(C)n1C1CC1. The molecule has 7 heteroatoms. The van der Waals surface area contributed by atoms with Crippen LogP contribution < -0.4 is 4.74 Å². The van der Waals surface area contributed by atoms with Crippen molar-refractivity contribution in [2.24, 2.45) is 0 Å². The number of carbonyl (C=O) groups excluding carboxylic acids is 2. The first-order chi connectivity index (χ1) is 12.4. The highest BCUT2D eigenvalue weighted by molar-refractivity contribution is 6.01. The summed E-state index contributed by atoms with van der Waals surface area (Å²) in [6, 6.07) is 7.75. The molecule has 0 unspecified atom stereocenters. The number of benzene rings is 1. The van der Waals surface area contributed by atoms with E-state index in [9.17, 15) is 18.4 Å². The van der Waals surface area contributed by atoms with Crippen LogP contribution in [0.15, 0.2) is 30.3 Å². The van der Waals surface area contributed by atoms with Crippen molar-refractivity contribution in [2.45, 2.75) is 39.3 Å². The van der Waals surface area contributed by atoms with Gasteiger partial charge in [-0.1, -0.05) is 12.1 Å². The molecule has 0 spiro atoms. The van der Waals surface area contributed by atoms with Crippen LogP contribution in [-0.2, 0) is 4.74 Å². The third kappa shape index (κ3) is 3.76. The molecule has 5 nitrogen and oxygen atoms in total. The summed E-state index contributed by atoms with van der Waals surface area (Å²) in [5, 5.41) is 0. The van der Waals surface area contributed by atoms with E-state index in [0.717, 1.165) is 24.2 Å². The first kappa shape index (κ1) is 18.1. The van der Waals surface area contributed by atoms with Crippen molar-refractivity contribution in [3.8, 4) is 5.75 Å². The molecule has 0 N–H and O–H groups in total. The molecule has 0 saturated heterocycles. The Balaban J connectivity index is 1.69. The van der Waals surface area contributed by atoms with Crippen LogP contribution in [-0.4, -0.2) is 29.5 Å². The van der Waals surface area contributed by atoms with Crippen molar-refractivity contribution in [3.05, 3.63) is 52.8 Å². The van der Waals surface area contributed by atoms with Crippen LogP contribution in [0.3, 0.4) is 0 Å². The molecule has 1 saturated carbocycles. The molecule has 0 amide bonds. The molecule has 1 aliphatic rings. The molecule has 1 heterocycles. The quantitative estimate of drug-likeness (QED) is 0.549. The van der Waals surface area contributed by atoms with Crippen molar-refractivity contribution in [1.29, 1.82) is 0 Å². The number of alkyl halides is 2. The molecule has 0 radical (unpaired) electrons. The molecule has 138 valence electrons. The summed E-state index contributed by atoms with van der Waals surface area (Å²) in [6.45, 7) is 0.285. The largest absolute Gasteiger partial charge is 0.454 e. The Morgan fingerprint density at radius 1 is 1.19 bits per heavy atom. The second-order valence-electron chi connectivity index (χ2n) is 6.26. The van der Waals surface area contributed by atoms with Gasteiger partial charge in [0.05, 0.1) is 0 Å². The van der Waals surface area contributed by atoms with Crippen LogP contribution in [0.5, 0.6) is 5.75 Å². The first-order valence-electron chi connectivity index (χ1n) is 8.31. The summed E-state index contributed by atoms with van der Waals surface area (Å²) in [7, 11) is 0. The second kappa shape index (κ2) is 7.27. The van der Waals surface area contributed by atoms with Gasteiger partial charge in [-0.2, -0.15) is 8.78 Å². The van der Waals surface area contributed by atoms with Crippen molar-refractivity contribution in [1.82, 2.24) is 4.57 Å². The fourth-order valence-electron chi connectivity index (χ4n) is 3.07. The number of nitrogens with zero attached hydrogens (tertiary/aromatic N) is 1. The topological polar surface area (TPSA) is 57.5 Å². The average Bonchev–Trinajstić information content (AvgIpc) is 3.37. The van der Waals surface area contributed by atoms with Gasteiger partial charge in [-0.25, -0.2) is 4.79 Å². The van der Waals surface area contributed by atoms with Gasteiger partial charge >= 0.3 is 12.6 Å². The first-order valence-corrected chi connectivity index (χ1v) is 8.31. The van der Waals surface area contributed by atoms with Gasteiger partial charge in [0.25, 0.3) is 0 Å². The third-order valence-corrected chi connectivity index (χ3v) is 4.35. The van der Waals surface area contributed by atoms with Crippen LogP contribution in [0.25, 0.3) is 0 Å². The number of carbonyl (C=O) groups is 2. The highest BCUT2D eigenvalue weighted by atomic mass is 19.3. The molecule has 1 aromatic carbocycles. The molecular formula is C19H19F2NO4. The normalized spacial score (nSPS) is 13.7. The van der Waals surface area contributed by atoms with Crippen molar-refractivity contribution >= 4 is 11.8 Å². The lowest BCUT2D eigenvalue weighted by Gasteiger charge is -2.10. The zero-order valence-electron chi connectivity index (χ0n) is 14.5. The lowest BCUT2D eigenvalue weighted by Crippen LogP contribution is -2.16. The Hall–Kier alpha value is -2.70. The minimum Gasteiger partial charge on any atom is -0.454 e. The molecule has 2 aromatic rings. The Kier molecular flexibility index (Phi) is 5.06. The molecule has 1 aliphatic carbocycles. The molecule has 1 fully saturated rings. The number of rotatable bonds is 7. The Labute approximate surface area is 149 Å². The molecule has 0 bridgehead atoms. The van der Waals surface area contributed by atoms with Crippen molar-refractivity contribution in [2.75, 3.05) is 6.61 Å². The van der Waals surface area contributed by atoms with Crippen LogP contribution in [0.1, 0.15) is 51.0 Å². The molecule has 0 atom stereocenters. The summed E-state index contributed by atoms with van der Waals surface area (Å²) in [5.74, 6) is -1.50. The van der Waals surface area contributed by atoms with E-state index in [-0.39, 0.29) is 17.1 Å². The summed E-state index contributed by atoms with van der Waals surface area (Å²) < 4.78 is 36.3. The van der Waals surface area contributed by atoms with Gasteiger partial charge in [0.2, 0.25) is 5.78 Å². The number of aryl methyl sites for hydroxylation is 1. The Morgan fingerprint density at radius 2 is 1.88 bits per heavy atom. The predicted molar refractivity (Wildman–Crippen MR) is 89.9 cm³/mol. The Bertz CT molecular complexity index is 840. The fraction of sp³-hybridized carbons (Fsp3) is 0.368. The van der Waals surface area contributed by atoms with E-state index >= 15 is 0 Å². The number of ketones is 1. The molecule has 3 rings (SSSR count). The minimum atomic E-state index is -3.06. The maximum absolute atomic E-state index is 12.4. The van der Waals surface area contributed by atoms with Gasteiger partial charge in [0.15, 0.2) is 6.61 Å². The van der Waals surface area contributed by atoms with Crippen LogP contribution in [0, 0.1) is 13.8 Å². The summed E-state index contributed by atoms with van der Waals surface area (Å²) in [5.41, 5.74) is 2.21. The van der Waals surface area contributed by atoms with Crippen molar-refractivity contribution in [3.63, 3.8) is 0 Å². The van der Waals surface area contributed by atoms with Gasteiger partial charge < -0.3 is 14.0 Å². The summed E-state index contributed by atoms with van der Waals surface area (Å²) >= 11 is 0. The zero-order valence-corrected chi connectivity index (χ0v) is 14.5. The minimum absolute atomic E-state index is 0.149. The number of hydrogen-bond donors (Lipinski definition) is 0. The summed E-state index contributed by atoms with van der Waals surface area (Å²) in [4.78, 5) is 24.6. The zero-order chi connectivity index (χ0) is 18.8. The van der Waals surface area contributed by atoms with Gasteiger partial charge in [-0.15, -0.1) is 0 Å². The number of Topliss-reactive ketones (excluding diaryl/α,β-unsaturated/α-hetero) is 1. The number of ether oxygens (including phenoxy) is 2. The lowest BCUT2D eigenvalue weighted by atomic mass is 10.1. The standard InChI is InChI=1S/C19H19F2NO4/c1-11-9-15(12(2)22(11)13-7-8-13)16(23)10-25-18(24)14-5-3-4-6-17(14)26-19(20)21/h3-6,9,13,19H,7-8,10H2,1-2H3. The lowest BCUT2D eigenvalue weighted by molar-refractivity contribution is -0.0504. The summed E-state index contributed by atoms with van der Waals surface area (Å²) in [6.07, 6.45) is 2.19. The van der Waals surface area contributed by atoms with E-state index in [2.05, 4.69) is 9.30 Å². The maximum atomic E-state index is 12.4. The van der Waals surface area contributed by atoms with Crippen molar-refractivity contribution < 1.29 is 27.8 Å². The van der Waals surface area contributed by atoms with E-state index in [4.69, 9.17) is 4.74 Å². The fourth-order valence-corrected chi connectivity index (χ4v) is 3.07. The number of para-hydroxylation sites is 1. The van der Waals surface area contributed by atoms with E-state index < -0.39 is 19.2 Å². The van der Waals surface area contributed by atoms with Gasteiger partial charge in [-0.3, -0.25) is 4.79 Å². The van der Waals surface area contributed by atoms with Crippen LogP contribution >= 0.6 is 0 Å². The molecule has 1 aromatic heterocycles. The highest BCUT2D eigenvalue weighted by Crippen LogP contribution is 2.38. The molecule has 0 aliphatic heterocycles. The van der Waals surface area contributed by atoms with Crippen LogP contribution in [0.2, 0.25) is 0 Å². The van der Waals surface area contributed by atoms with E-state index in [1.54, 1.807) is 6.07 Å². The number of aromatic nitrogens is 1. The number of halogens is 2. The predicted octanol–water partition coefficient (Wildman–Crippen LogP) is 4.08. The van der Waals surface area contributed by atoms with E-state index in [1.807, 2.05) is 13.8 Å². The van der Waals surface area contributed by atoms with Gasteiger partial charge in [0, 0.05) is 23.0 Å². The Morgan fingerprint density at radius 3 is 2.54 bits per heavy atom. The van der Waals surface area contributed by atoms with Gasteiger partial charge in [-0.05, 0) is 44.9 Å². The molecule has 26 heavy (non-hydrogen) atoms. The third-order valence-electron chi connectivity index (χ3n) is 4.35. The number of esters is 1. The second-order valence-corrected chi connectivity index (χ2v) is 6.26. The maximum Gasteiger partial charge on any atom is 0.387 e. The molecular weight excluding hydrogens is 344 g/mol. The van der Waals surface area contributed by atoms with Gasteiger partial charge in [0.1, 0.15) is 11.3 Å². The average molecular weight is 363 g/mol. The number of hydrogen-bond acceptors (Lipinski definition) is 4. The highest BCUT2D eigenvalue weighted by Gasteiger charge is 2.28. The van der Waals surface area contributed by atoms with E-state index in [0.29, 0.717) is 11.6 Å². The monoisotopic (exact) mass is 363 g/mol. The van der Waals surface area contributed by atoms with E-state index in [1.165, 1.54) is 24.3 Å². The smallest absolute Gasteiger partial charge is 0.387 e.